The minimum absolute atomic E-state index is 0.207. The Labute approximate surface area is 417 Å². The highest BCUT2D eigenvalue weighted by atomic mass is 32.3. The first-order chi connectivity index (χ1) is 33.8. The lowest BCUT2D eigenvalue weighted by molar-refractivity contribution is -0.230. The van der Waals surface area contributed by atoms with Crippen molar-refractivity contribution in [3.05, 3.63) is 33.1 Å². The number of hydrogen-bond acceptors (Lipinski definition) is 21. The fourth-order valence-electron chi connectivity index (χ4n) is 9.30. The number of aliphatic hydroxyl groups is 3. The number of H-pyrrole nitrogens is 1. The molecule has 27 heteroatoms. The molecule has 14 atom stereocenters. The summed E-state index contributed by atoms with van der Waals surface area (Å²) in [6.07, 6.45) is -10.3. The number of likely N-dealkylation sites (N-methyl/N-ethyl adjacent to an activating group) is 2. The summed E-state index contributed by atoms with van der Waals surface area (Å²) in [7, 11) is -3.33. The van der Waals surface area contributed by atoms with Crippen LogP contribution >= 0.6 is 0 Å². The molecule has 0 radical (unpaired) electrons. The molecule has 72 heavy (non-hydrogen) atoms. The van der Waals surface area contributed by atoms with E-state index >= 15 is 0 Å². The maximum atomic E-state index is 14.7. The van der Waals surface area contributed by atoms with Gasteiger partial charge in [0.1, 0.15) is 54.9 Å². The fourth-order valence-corrected chi connectivity index (χ4v) is 9.78. The number of carbonyl (C=O) groups excluding carboxylic acids is 3. The monoisotopic (exact) mass is 1050 g/mol. The van der Waals surface area contributed by atoms with Gasteiger partial charge >= 0.3 is 29.6 Å². The van der Waals surface area contributed by atoms with Crippen LogP contribution in [-0.2, 0) is 62.2 Å². The summed E-state index contributed by atoms with van der Waals surface area (Å²) in [6, 6.07) is -2.91. The Morgan fingerprint density at radius 2 is 1.47 bits per heavy atom. The van der Waals surface area contributed by atoms with Crippen molar-refractivity contribution in [2.75, 3.05) is 27.2 Å². The van der Waals surface area contributed by atoms with Gasteiger partial charge in [-0.1, -0.05) is 78.6 Å². The quantitative estimate of drug-likeness (QED) is 0.0226. The third-order valence-corrected chi connectivity index (χ3v) is 13.4. The third kappa shape index (κ3) is 17.3. The Morgan fingerprint density at radius 1 is 0.861 bits per heavy atom. The molecular formula is C45H72N5O21S-. The van der Waals surface area contributed by atoms with Gasteiger partial charge in [0.05, 0.1) is 6.42 Å². The summed E-state index contributed by atoms with van der Waals surface area (Å²) in [5, 5.41) is 53.4. The first-order valence-corrected chi connectivity index (χ1v) is 25.6. The molecule has 0 spiro atoms. The van der Waals surface area contributed by atoms with Crippen LogP contribution in [-0.4, -0.2) is 188 Å². The number of aromatic amines is 1. The van der Waals surface area contributed by atoms with Crippen molar-refractivity contribution in [3.8, 4) is 0 Å². The van der Waals surface area contributed by atoms with Crippen molar-refractivity contribution in [3.63, 3.8) is 0 Å². The smallest absolute Gasteiger partial charge is 0.330 e. The summed E-state index contributed by atoms with van der Waals surface area (Å²) in [5.74, 6) is -5.62. The predicted molar refractivity (Wildman–Crippen MR) is 247 cm³/mol. The number of carboxylic acid groups (broad SMARTS) is 2. The number of hydrogen-bond donors (Lipinski definition) is 7. The molecule has 0 bridgehead atoms. The second-order valence-corrected chi connectivity index (χ2v) is 20.4. The number of aliphatic hydroxyl groups excluding tert-OH is 3. The molecule has 410 valence electrons. The van der Waals surface area contributed by atoms with Crippen molar-refractivity contribution >= 4 is 40.2 Å². The van der Waals surface area contributed by atoms with Gasteiger partial charge in [-0.3, -0.25) is 42.6 Å². The molecule has 3 aliphatic rings. The molecule has 1 aromatic heterocycles. The molecule has 1 aromatic rings. The molecule has 3 aliphatic heterocycles. The lowest BCUT2D eigenvalue weighted by Crippen LogP contribution is -2.60. The molecule has 4 rings (SSSR count). The van der Waals surface area contributed by atoms with Gasteiger partial charge in [0.25, 0.3) is 5.56 Å². The van der Waals surface area contributed by atoms with Gasteiger partial charge < -0.3 is 64.4 Å². The molecule has 3 saturated heterocycles. The fraction of sp³-hybridized carbons (Fsp3) is 0.800. The van der Waals surface area contributed by atoms with Crippen LogP contribution in [0.5, 0.6) is 0 Å². The molecule has 26 nitrogen and oxygen atoms in total. The van der Waals surface area contributed by atoms with Gasteiger partial charge in [0.15, 0.2) is 24.7 Å². The molecule has 8 N–H and O–H groups in total. The third-order valence-electron chi connectivity index (χ3n) is 13.0. The molecule has 0 saturated carbocycles. The largest absolute Gasteiger partial charge is 0.726 e. The summed E-state index contributed by atoms with van der Waals surface area (Å²) in [5.41, 5.74) is 3.77. The maximum absolute atomic E-state index is 14.7. The minimum Gasteiger partial charge on any atom is -0.726 e. The highest BCUT2D eigenvalue weighted by Crippen LogP contribution is 2.37. The molecular weight excluding hydrogens is 979 g/mol. The average molecular weight is 1050 g/mol. The number of nitrogens with one attached hydrogen (secondary N) is 1. The van der Waals surface area contributed by atoms with E-state index in [1.165, 1.54) is 26.3 Å². The number of carboxylic acids is 2. The number of rotatable bonds is 29. The topological polar surface area (TPSA) is 386 Å². The second-order valence-electron chi connectivity index (χ2n) is 19.4. The van der Waals surface area contributed by atoms with E-state index in [9.17, 15) is 72.1 Å². The van der Waals surface area contributed by atoms with E-state index in [1.807, 2.05) is 4.98 Å². The van der Waals surface area contributed by atoms with Crippen molar-refractivity contribution in [1.82, 2.24) is 19.4 Å². The summed E-state index contributed by atoms with van der Waals surface area (Å²) in [4.78, 5) is 94.3. The highest BCUT2D eigenvalue weighted by Gasteiger charge is 2.57. The zero-order valence-electron chi connectivity index (χ0n) is 41.2. The summed E-state index contributed by atoms with van der Waals surface area (Å²) >= 11 is 0. The maximum Gasteiger partial charge on any atom is 0.330 e. The number of amides is 1. The van der Waals surface area contributed by atoms with Crippen LogP contribution in [0.15, 0.2) is 21.9 Å². The number of aliphatic carboxylic acids is 2. The van der Waals surface area contributed by atoms with Gasteiger partial charge in [-0.05, 0) is 31.7 Å². The van der Waals surface area contributed by atoms with Crippen LogP contribution in [0.1, 0.15) is 117 Å². The van der Waals surface area contributed by atoms with Gasteiger partial charge in [-0.15, -0.1) is 0 Å². The van der Waals surface area contributed by atoms with Crippen LogP contribution in [0.2, 0.25) is 0 Å². The molecule has 1 amide bonds. The Hall–Kier alpha value is -4.42. The average Bonchev–Trinajstić information content (AvgIpc) is 3.69. The Balaban J connectivity index is 1.61. The van der Waals surface area contributed by atoms with Crippen LogP contribution in [0.25, 0.3) is 0 Å². The summed E-state index contributed by atoms with van der Waals surface area (Å²) < 4.78 is 69.9. The molecule has 0 aliphatic carbocycles. The Bertz CT molecular complexity index is 2190. The van der Waals surface area contributed by atoms with Crippen LogP contribution in [0, 0.1) is 11.8 Å². The predicted octanol–water partition coefficient (Wildman–Crippen LogP) is -0.682. The Morgan fingerprint density at radius 3 is 2.03 bits per heavy atom. The van der Waals surface area contributed by atoms with Crippen LogP contribution in [0.3, 0.4) is 0 Å². The number of ether oxygens (including phenoxy) is 5. The standard InChI is InChI=1S/C45H73N5O21S/c1-24(2)15-13-11-9-7-6-8-10-12-14-16-26(66-31(54)20-25(3)19-30(52)53)21-32(55)67-28-23-48(4)34(41(59)49(5)33(28)43(60)61)38(70-44-40(71-72(63,64)65)35(56)27(22-46)68-44)39-36(57)37(58)42(69-39)50-18-17-29(51)47-45(50)62/h17-18,24-28,33-40,42,44,56-58H,6-16,19-23,46H2,1-5H3,(H,52,53)(H,60,61)(H,47,51,62)(H,63,64,65)/p-1/t25-,26+,27-,28+,33+,34+,35-,36+,37-,38+,39+,40-,42-,44+/m1/s1. The van der Waals surface area contributed by atoms with Crippen molar-refractivity contribution in [2.24, 2.45) is 17.6 Å². The van der Waals surface area contributed by atoms with E-state index in [4.69, 9.17) is 29.4 Å². The highest BCUT2D eigenvalue weighted by molar-refractivity contribution is 7.80. The molecule has 3 fully saturated rings. The number of nitrogens with two attached hydrogens (primary N) is 1. The number of nitrogens with zero attached hydrogens (tertiary/aromatic N) is 3. The molecule has 0 unspecified atom stereocenters. The van der Waals surface area contributed by atoms with Crippen LogP contribution in [0.4, 0.5) is 0 Å². The van der Waals surface area contributed by atoms with E-state index in [2.05, 4.69) is 18.0 Å². The minimum atomic E-state index is -5.62. The SMILES string of the molecule is CC(C)CCCCCCCCCCC[C@@H](CC(=O)O[C@H]1CN(C)[C@@H]([C@H](O[C@@H]2O[C@H](CN)[C@@H](O)[C@H]2OS(=O)(=O)[O-])[C@H]2O[C@@H](n3ccc(=O)[nH]c3=O)[C@H](O)[C@@H]2O)C(=O)N(C)[C@@H]1C(=O)O)OC(=O)C[C@H](C)CC(=O)O. The molecule has 4 heterocycles. The van der Waals surface area contributed by atoms with Gasteiger partial charge in [-0.25, -0.2) is 18.0 Å². The van der Waals surface area contributed by atoms with E-state index in [-0.39, 0.29) is 19.3 Å². The number of unbranched alkanes of at least 4 members (excludes halogenated alkanes) is 8. The zero-order valence-corrected chi connectivity index (χ0v) is 42.0. The molecule has 0 aromatic carbocycles. The van der Waals surface area contributed by atoms with Crippen molar-refractivity contribution in [2.45, 2.75) is 190 Å². The lowest BCUT2D eigenvalue weighted by Gasteiger charge is -2.38. The number of carbonyl (C=O) groups is 5. The van der Waals surface area contributed by atoms with Gasteiger partial charge in [0, 0.05) is 45.2 Å². The van der Waals surface area contributed by atoms with Crippen LogP contribution < -0.4 is 17.0 Å². The van der Waals surface area contributed by atoms with E-state index in [0.29, 0.717) is 21.8 Å². The first kappa shape index (κ1) is 60.1. The normalized spacial score (nSPS) is 28.4. The number of esters is 2. The summed E-state index contributed by atoms with van der Waals surface area (Å²) in [6.45, 7) is 4.85. The van der Waals surface area contributed by atoms with Gasteiger partial charge in [-0.2, -0.15) is 0 Å². The van der Waals surface area contributed by atoms with E-state index in [1.54, 1.807) is 6.92 Å². The van der Waals surface area contributed by atoms with E-state index in [0.717, 1.165) is 62.7 Å². The number of aromatic nitrogens is 2. The Kier molecular flexibility index (Phi) is 23.2. The first-order valence-electron chi connectivity index (χ1n) is 24.3. The van der Waals surface area contributed by atoms with E-state index < -0.39 is 156 Å². The van der Waals surface area contributed by atoms with Gasteiger partial charge in [0.2, 0.25) is 16.3 Å². The van der Waals surface area contributed by atoms with Crippen molar-refractivity contribution in [1.29, 1.82) is 0 Å². The van der Waals surface area contributed by atoms with Crippen molar-refractivity contribution < 1.29 is 90.3 Å². The second kappa shape index (κ2) is 27.8. The lowest BCUT2D eigenvalue weighted by atomic mass is 9.97. The zero-order chi connectivity index (χ0) is 53.6.